The van der Waals surface area contributed by atoms with E-state index in [2.05, 4.69) is 15.5 Å². The molecule has 1 aromatic carbocycles. The molecule has 4 rings (SSSR count). The molecular formula is C21H32Cl2FN3O. The molecule has 2 bridgehead atoms. The van der Waals surface area contributed by atoms with Gasteiger partial charge in [-0.1, -0.05) is 12.1 Å². The van der Waals surface area contributed by atoms with Gasteiger partial charge in [0.25, 0.3) is 0 Å². The zero-order valence-electron chi connectivity index (χ0n) is 16.2. The summed E-state index contributed by atoms with van der Waals surface area (Å²) in [5.41, 5.74) is 1.15. The maximum absolute atomic E-state index is 13.0. The lowest BCUT2D eigenvalue weighted by Crippen LogP contribution is -2.45. The van der Waals surface area contributed by atoms with Gasteiger partial charge in [0.1, 0.15) is 5.82 Å². The standard InChI is InChI=1S/C21H30FN3O.2ClH/c22-17-3-1-15(2-4-17)14-25-9-7-18(8-10-25)24-21(26)13-16-11-19-5-6-20(12-16)23-19;;/h1-4,16,18-20,23H,5-14H2,(H,24,26);2*1H. The van der Waals surface area contributed by atoms with Crippen LogP contribution in [0, 0.1) is 11.7 Å². The molecule has 2 atom stereocenters. The Kier molecular flexibility index (Phi) is 9.00. The second-order valence-electron chi connectivity index (χ2n) is 8.42. The van der Waals surface area contributed by atoms with Crippen LogP contribution < -0.4 is 10.6 Å². The van der Waals surface area contributed by atoms with E-state index in [0.717, 1.165) is 38.0 Å². The molecule has 2 N–H and O–H groups in total. The molecule has 3 heterocycles. The van der Waals surface area contributed by atoms with E-state index in [4.69, 9.17) is 0 Å². The number of likely N-dealkylation sites (tertiary alicyclic amines) is 1. The lowest BCUT2D eigenvalue weighted by molar-refractivity contribution is -0.123. The molecule has 28 heavy (non-hydrogen) atoms. The largest absolute Gasteiger partial charge is 0.353 e. The summed E-state index contributed by atoms with van der Waals surface area (Å²) >= 11 is 0. The second-order valence-corrected chi connectivity index (χ2v) is 8.42. The molecule has 0 aliphatic carbocycles. The maximum Gasteiger partial charge on any atom is 0.220 e. The molecule has 0 aromatic heterocycles. The van der Waals surface area contributed by atoms with Crippen LogP contribution in [0.25, 0.3) is 0 Å². The fourth-order valence-electron chi connectivity index (χ4n) is 4.97. The fraction of sp³-hybridized carbons (Fsp3) is 0.667. The molecule has 0 spiro atoms. The third kappa shape index (κ3) is 6.31. The van der Waals surface area contributed by atoms with E-state index in [1.54, 1.807) is 0 Å². The number of halogens is 3. The summed E-state index contributed by atoms with van der Waals surface area (Å²) in [5.74, 6) is 0.623. The molecule has 3 fully saturated rings. The lowest BCUT2D eigenvalue weighted by Gasteiger charge is -2.33. The predicted molar refractivity (Wildman–Crippen MR) is 115 cm³/mol. The average molecular weight is 432 g/mol. The third-order valence-corrected chi connectivity index (χ3v) is 6.32. The molecule has 1 aromatic rings. The minimum absolute atomic E-state index is 0. The molecule has 0 radical (unpaired) electrons. The summed E-state index contributed by atoms with van der Waals surface area (Å²) in [5, 5.41) is 6.92. The first-order valence-corrected chi connectivity index (χ1v) is 10.2. The number of carbonyl (C=O) groups excluding carboxylic acids is 1. The molecular weight excluding hydrogens is 400 g/mol. The van der Waals surface area contributed by atoms with Crippen LogP contribution in [-0.4, -0.2) is 42.0 Å². The van der Waals surface area contributed by atoms with Gasteiger partial charge in [-0.15, -0.1) is 24.8 Å². The highest BCUT2D eigenvalue weighted by Gasteiger charge is 2.34. The van der Waals surface area contributed by atoms with Crippen molar-refractivity contribution < 1.29 is 9.18 Å². The Morgan fingerprint density at radius 3 is 2.25 bits per heavy atom. The van der Waals surface area contributed by atoms with Crippen LogP contribution in [0.15, 0.2) is 24.3 Å². The van der Waals surface area contributed by atoms with Gasteiger partial charge in [0.15, 0.2) is 0 Å². The summed E-state index contributed by atoms with van der Waals surface area (Å²) in [4.78, 5) is 14.8. The highest BCUT2D eigenvalue weighted by molar-refractivity contribution is 5.85. The fourth-order valence-corrected chi connectivity index (χ4v) is 4.97. The molecule has 1 amide bonds. The van der Waals surface area contributed by atoms with Gasteiger partial charge in [-0.05, 0) is 62.1 Å². The van der Waals surface area contributed by atoms with Crippen molar-refractivity contribution in [3.8, 4) is 0 Å². The predicted octanol–water partition coefficient (Wildman–Crippen LogP) is 3.67. The average Bonchev–Trinajstić information content (AvgIpc) is 2.97. The molecule has 0 saturated carbocycles. The number of piperidine rings is 2. The Morgan fingerprint density at radius 2 is 1.64 bits per heavy atom. The first kappa shape index (κ1) is 23.4. The molecule has 158 valence electrons. The monoisotopic (exact) mass is 431 g/mol. The quantitative estimate of drug-likeness (QED) is 0.747. The molecule has 4 nitrogen and oxygen atoms in total. The van der Waals surface area contributed by atoms with Crippen LogP contribution in [0.1, 0.15) is 50.5 Å². The summed E-state index contributed by atoms with van der Waals surface area (Å²) in [6.45, 7) is 2.83. The minimum Gasteiger partial charge on any atom is -0.353 e. The van der Waals surface area contributed by atoms with Crippen LogP contribution in [0.5, 0.6) is 0 Å². The number of nitrogens with zero attached hydrogens (tertiary/aromatic N) is 1. The van der Waals surface area contributed by atoms with Gasteiger partial charge in [0.05, 0.1) is 0 Å². The minimum atomic E-state index is -0.183. The normalized spacial score (nSPS) is 27.5. The number of hydrogen-bond donors (Lipinski definition) is 2. The van der Waals surface area contributed by atoms with E-state index in [0.29, 0.717) is 30.5 Å². The van der Waals surface area contributed by atoms with Gasteiger partial charge in [-0.2, -0.15) is 0 Å². The summed E-state index contributed by atoms with van der Waals surface area (Å²) in [6, 6.07) is 8.38. The zero-order valence-corrected chi connectivity index (χ0v) is 17.9. The Balaban J connectivity index is 0.00000140. The van der Waals surface area contributed by atoms with Crippen LogP contribution in [-0.2, 0) is 11.3 Å². The van der Waals surface area contributed by atoms with Crippen molar-refractivity contribution in [2.45, 2.75) is 69.6 Å². The van der Waals surface area contributed by atoms with Gasteiger partial charge < -0.3 is 10.6 Å². The summed E-state index contributed by atoms with van der Waals surface area (Å²) in [7, 11) is 0. The van der Waals surface area contributed by atoms with Crippen molar-refractivity contribution in [3.63, 3.8) is 0 Å². The summed E-state index contributed by atoms with van der Waals surface area (Å²) in [6.07, 6.45) is 7.62. The van der Waals surface area contributed by atoms with Crippen molar-refractivity contribution in [2.24, 2.45) is 5.92 Å². The Bertz CT molecular complexity index is 611. The molecule has 3 aliphatic heterocycles. The number of benzene rings is 1. The van der Waals surface area contributed by atoms with Crippen LogP contribution in [0.3, 0.4) is 0 Å². The van der Waals surface area contributed by atoms with Crippen molar-refractivity contribution in [3.05, 3.63) is 35.6 Å². The molecule has 2 unspecified atom stereocenters. The molecule has 7 heteroatoms. The van der Waals surface area contributed by atoms with Crippen LogP contribution >= 0.6 is 24.8 Å². The number of carbonyl (C=O) groups is 1. The molecule has 3 saturated heterocycles. The number of rotatable bonds is 5. The SMILES string of the molecule is Cl.Cl.O=C(CC1CC2CCC(C1)N2)NC1CCN(Cc2ccc(F)cc2)CC1. The van der Waals surface area contributed by atoms with Crippen LogP contribution in [0.4, 0.5) is 4.39 Å². The number of fused-ring (bicyclic) bond motifs is 2. The van der Waals surface area contributed by atoms with E-state index >= 15 is 0 Å². The van der Waals surface area contributed by atoms with Gasteiger partial charge >= 0.3 is 0 Å². The van der Waals surface area contributed by atoms with Crippen molar-refractivity contribution in [1.29, 1.82) is 0 Å². The topological polar surface area (TPSA) is 44.4 Å². The van der Waals surface area contributed by atoms with E-state index in [9.17, 15) is 9.18 Å². The van der Waals surface area contributed by atoms with E-state index in [-0.39, 0.29) is 36.5 Å². The third-order valence-electron chi connectivity index (χ3n) is 6.32. The smallest absolute Gasteiger partial charge is 0.220 e. The van der Waals surface area contributed by atoms with Crippen molar-refractivity contribution >= 4 is 30.7 Å². The van der Waals surface area contributed by atoms with Gasteiger partial charge in [0.2, 0.25) is 5.91 Å². The van der Waals surface area contributed by atoms with Crippen molar-refractivity contribution in [1.82, 2.24) is 15.5 Å². The molecule has 3 aliphatic rings. The number of nitrogens with one attached hydrogen (secondary N) is 2. The van der Waals surface area contributed by atoms with E-state index < -0.39 is 0 Å². The van der Waals surface area contributed by atoms with Gasteiger partial charge in [-0.3, -0.25) is 9.69 Å². The Morgan fingerprint density at radius 1 is 1.04 bits per heavy atom. The van der Waals surface area contributed by atoms with Gasteiger partial charge in [0, 0.05) is 44.2 Å². The van der Waals surface area contributed by atoms with Gasteiger partial charge in [-0.25, -0.2) is 4.39 Å². The Labute approximate surface area is 179 Å². The maximum atomic E-state index is 13.0. The first-order valence-electron chi connectivity index (χ1n) is 10.2. The number of hydrogen-bond acceptors (Lipinski definition) is 3. The highest BCUT2D eigenvalue weighted by Crippen LogP contribution is 2.32. The first-order chi connectivity index (χ1) is 12.6. The van der Waals surface area contributed by atoms with Crippen molar-refractivity contribution in [2.75, 3.05) is 13.1 Å². The zero-order chi connectivity index (χ0) is 17.9. The van der Waals surface area contributed by atoms with Crippen LogP contribution in [0.2, 0.25) is 0 Å². The highest BCUT2D eigenvalue weighted by atomic mass is 35.5. The number of amides is 1. The van der Waals surface area contributed by atoms with E-state index in [1.807, 2.05) is 12.1 Å². The Hall–Kier alpha value is -0.880. The lowest BCUT2D eigenvalue weighted by atomic mass is 9.89. The van der Waals surface area contributed by atoms with E-state index in [1.165, 1.54) is 37.8 Å². The summed E-state index contributed by atoms with van der Waals surface area (Å²) < 4.78 is 13.0. The second kappa shape index (κ2) is 10.8.